The lowest BCUT2D eigenvalue weighted by Gasteiger charge is -2.05. The quantitative estimate of drug-likeness (QED) is 0.608. The molecule has 1 aromatic heterocycles. The number of rotatable bonds is 6. The van der Waals surface area contributed by atoms with Crippen LogP contribution in [0.15, 0.2) is 6.07 Å². The third-order valence-electron chi connectivity index (χ3n) is 2.88. The molecule has 1 aromatic rings. The van der Waals surface area contributed by atoms with Gasteiger partial charge in [-0.25, -0.2) is 0 Å². The lowest BCUT2D eigenvalue weighted by molar-refractivity contribution is -0.142. The van der Waals surface area contributed by atoms with E-state index in [1.54, 1.807) is 6.92 Å². The van der Waals surface area contributed by atoms with E-state index in [2.05, 4.69) is 11.4 Å². The summed E-state index contributed by atoms with van der Waals surface area (Å²) in [6.07, 6.45) is 0.366. The fourth-order valence-electron chi connectivity index (χ4n) is 1.70. The summed E-state index contributed by atoms with van der Waals surface area (Å²) >= 11 is 0. The second-order valence-electron chi connectivity index (χ2n) is 4.04. The molecule has 0 aromatic carbocycles. The maximum Gasteiger partial charge on any atom is 0.307 e. The smallest absolute Gasteiger partial charge is 0.307 e. The van der Waals surface area contributed by atoms with Crippen LogP contribution in [0.25, 0.3) is 0 Å². The topological polar surface area (TPSA) is 67.0 Å². The van der Waals surface area contributed by atoms with Gasteiger partial charge in [-0.2, -0.15) is 5.26 Å². The van der Waals surface area contributed by atoms with Gasteiger partial charge < -0.3 is 14.6 Å². The summed E-state index contributed by atoms with van der Waals surface area (Å²) in [6, 6.07) is 4.01. The Hall–Kier alpha value is -1.80. The largest absolute Gasteiger partial charge is 0.466 e. The van der Waals surface area contributed by atoms with Gasteiger partial charge in [0.2, 0.25) is 0 Å². The SMILES string of the molecule is CCOC(=O)CCNCc1cc(C#N)n(C)c1C. The summed E-state index contributed by atoms with van der Waals surface area (Å²) in [5.74, 6) is -0.188. The number of nitrogens with zero attached hydrogens (tertiary/aromatic N) is 2. The average molecular weight is 249 g/mol. The Labute approximate surface area is 107 Å². The molecule has 1 rings (SSSR count). The molecule has 1 heterocycles. The van der Waals surface area contributed by atoms with Gasteiger partial charge in [0, 0.05) is 25.8 Å². The number of aromatic nitrogens is 1. The van der Waals surface area contributed by atoms with Crippen molar-refractivity contribution in [3.05, 3.63) is 23.0 Å². The lowest BCUT2D eigenvalue weighted by atomic mass is 10.2. The fraction of sp³-hybridized carbons (Fsp3) is 0.538. The highest BCUT2D eigenvalue weighted by Gasteiger charge is 2.08. The summed E-state index contributed by atoms with van der Waals surface area (Å²) in [7, 11) is 1.87. The number of carbonyl (C=O) groups excluding carboxylic acids is 1. The first-order chi connectivity index (χ1) is 8.60. The summed E-state index contributed by atoms with van der Waals surface area (Å²) in [4.78, 5) is 11.1. The Morgan fingerprint density at radius 2 is 2.33 bits per heavy atom. The van der Waals surface area contributed by atoms with Gasteiger partial charge >= 0.3 is 5.97 Å². The van der Waals surface area contributed by atoms with Crippen LogP contribution in [0.3, 0.4) is 0 Å². The second kappa shape index (κ2) is 6.82. The van der Waals surface area contributed by atoms with Crippen LogP contribution in [-0.2, 0) is 23.1 Å². The number of nitrogens with one attached hydrogen (secondary N) is 1. The molecule has 5 nitrogen and oxygen atoms in total. The molecule has 0 radical (unpaired) electrons. The molecule has 1 N–H and O–H groups in total. The van der Waals surface area contributed by atoms with Crippen molar-refractivity contribution in [3.63, 3.8) is 0 Å². The van der Waals surface area contributed by atoms with Crippen molar-refractivity contribution >= 4 is 5.97 Å². The molecule has 0 aliphatic heterocycles. The lowest BCUT2D eigenvalue weighted by Crippen LogP contribution is -2.19. The maximum atomic E-state index is 11.1. The monoisotopic (exact) mass is 249 g/mol. The zero-order valence-electron chi connectivity index (χ0n) is 11.1. The van der Waals surface area contributed by atoms with Crippen molar-refractivity contribution in [3.8, 4) is 6.07 Å². The highest BCUT2D eigenvalue weighted by Crippen LogP contribution is 2.12. The first kappa shape index (κ1) is 14.3. The van der Waals surface area contributed by atoms with Gasteiger partial charge in [0.1, 0.15) is 11.8 Å². The van der Waals surface area contributed by atoms with Crippen LogP contribution in [0, 0.1) is 18.3 Å². The Morgan fingerprint density at radius 1 is 1.61 bits per heavy atom. The molecule has 0 aliphatic carbocycles. The maximum absolute atomic E-state index is 11.1. The van der Waals surface area contributed by atoms with Crippen molar-refractivity contribution in [1.29, 1.82) is 5.26 Å². The van der Waals surface area contributed by atoms with Crippen molar-refractivity contribution < 1.29 is 9.53 Å². The highest BCUT2D eigenvalue weighted by molar-refractivity contribution is 5.69. The molecule has 0 amide bonds. The molecule has 0 spiro atoms. The highest BCUT2D eigenvalue weighted by atomic mass is 16.5. The van der Waals surface area contributed by atoms with Crippen LogP contribution >= 0.6 is 0 Å². The summed E-state index contributed by atoms with van der Waals surface area (Å²) in [5.41, 5.74) is 2.79. The van der Waals surface area contributed by atoms with E-state index in [4.69, 9.17) is 10.00 Å². The van der Waals surface area contributed by atoms with Crippen molar-refractivity contribution in [2.75, 3.05) is 13.2 Å². The Bertz CT molecular complexity index is 458. The van der Waals surface area contributed by atoms with E-state index in [0.29, 0.717) is 31.8 Å². The zero-order chi connectivity index (χ0) is 13.5. The van der Waals surface area contributed by atoms with Crippen LogP contribution in [0.4, 0.5) is 0 Å². The van der Waals surface area contributed by atoms with Gasteiger partial charge in [-0.05, 0) is 25.5 Å². The molecule has 5 heteroatoms. The minimum absolute atomic E-state index is 0.188. The fourth-order valence-corrected chi connectivity index (χ4v) is 1.70. The van der Waals surface area contributed by atoms with Crippen molar-refractivity contribution in [1.82, 2.24) is 9.88 Å². The van der Waals surface area contributed by atoms with Gasteiger partial charge in [0.15, 0.2) is 0 Å². The molecule has 0 saturated heterocycles. The van der Waals surface area contributed by atoms with Gasteiger partial charge in [-0.1, -0.05) is 0 Å². The van der Waals surface area contributed by atoms with E-state index in [1.165, 1.54) is 0 Å². The van der Waals surface area contributed by atoms with Crippen molar-refractivity contribution in [2.45, 2.75) is 26.8 Å². The number of hydrogen-bond donors (Lipinski definition) is 1. The molecule has 0 atom stereocenters. The summed E-state index contributed by atoms with van der Waals surface area (Å²) in [6.45, 7) is 5.42. The van der Waals surface area contributed by atoms with E-state index in [0.717, 1.165) is 11.3 Å². The Balaban J connectivity index is 2.41. The Kier molecular flexibility index (Phi) is 5.40. The molecule has 0 unspecified atom stereocenters. The van der Waals surface area contributed by atoms with Crippen molar-refractivity contribution in [2.24, 2.45) is 7.05 Å². The van der Waals surface area contributed by atoms with E-state index in [9.17, 15) is 4.79 Å². The van der Waals surface area contributed by atoms with Gasteiger partial charge in [0.05, 0.1) is 13.0 Å². The first-order valence-electron chi connectivity index (χ1n) is 6.01. The number of esters is 1. The molecule has 0 saturated carbocycles. The third-order valence-corrected chi connectivity index (χ3v) is 2.88. The molecular formula is C13H19N3O2. The predicted molar refractivity (Wildman–Crippen MR) is 67.8 cm³/mol. The van der Waals surface area contributed by atoms with Crippen LogP contribution in [0.5, 0.6) is 0 Å². The molecule has 0 aliphatic rings. The van der Waals surface area contributed by atoms with Crippen LogP contribution in [0.2, 0.25) is 0 Å². The normalized spacial score (nSPS) is 10.1. The van der Waals surface area contributed by atoms with E-state index in [-0.39, 0.29) is 5.97 Å². The first-order valence-corrected chi connectivity index (χ1v) is 6.01. The minimum atomic E-state index is -0.188. The predicted octanol–water partition coefficient (Wildman–Crippen LogP) is 1.25. The second-order valence-corrected chi connectivity index (χ2v) is 4.04. The molecular weight excluding hydrogens is 230 g/mol. The number of hydrogen-bond acceptors (Lipinski definition) is 4. The average Bonchev–Trinajstić information content (AvgIpc) is 2.62. The molecule has 0 fully saturated rings. The van der Waals surface area contributed by atoms with E-state index >= 15 is 0 Å². The van der Waals surface area contributed by atoms with Gasteiger partial charge in [-0.15, -0.1) is 0 Å². The standard InChI is InChI=1S/C13H19N3O2/c1-4-18-13(17)5-6-15-9-11-7-12(8-14)16(3)10(11)2/h7,15H,4-6,9H2,1-3H3. The zero-order valence-corrected chi connectivity index (χ0v) is 11.1. The molecule has 18 heavy (non-hydrogen) atoms. The number of ether oxygens (including phenoxy) is 1. The van der Waals surface area contributed by atoms with E-state index < -0.39 is 0 Å². The van der Waals surface area contributed by atoms with Gasteiger partial charge in [-0.3, -0.25) is 4.79 Å². The summed E-state index contributed by atoms with van der Waals surface area (Å²) < 4.78 is 6.70. The number of carbonyl (C=O) groups is 1. The minimum Gasteiger partial charge on any atom is -0.466 e. The number of nitriles is 1. The third kappa shape index (κ3) is 3.60. The molecule has 0 bridgehead atoms. The van der Waals surface area contributed by atoms with Gasteiger partial charge in [0.25, 0.3) is 0 Å². The Morgan fingerprint density at radius 3 is 2.89 bits per heavy atom. The van der Waals surface area contributed by atoms with Crippen LogP contribution in [-0.4, -0.2) is 23.7 Å². The van der Waals surface area contributed by atoms with Crippen LogP contribution < -0.4 is 5.32 Å². The van der Waals surface area contributed by atoms with Crippen LogP contribution in [0.1, 0.15) is 30.3 Å². The molecule has 98 valence electrons. The van der Waals surface area contributed by atoms with E-state index in [1.807, 2.05) is 24.6 Å². The summed E-state index contributed by atoms with van der Waals surface area (Å²) in [5, 5.41) is 12.1.